The Hall–Kier alpha value is -1.14. The second-order valence-electron chi connectivity index (χ2n) is 5.38. The van der Waals surface area contributed by atoms with Crippen molar-refractivity contribution in [2.75, 3.05) is 13.1 Å². The van der Waals surface area contributed by atoms with Crippen LogP contribution in [0.5, 0.6) is 0 Å². The minimum atomic E-state index is -0.853. The van der Waals surface area contributed by atoms with E-state index < -0.39 is 24.0 Å². The van der Waals surface area contributed by atoms with Gasteiger partial charge in [-0.25, -0.2) is 0 Å². The van der Waals surface area contributed by atoms with Gasteiger partial charge < -0.3 is 20.8 Å². The lowest BCUT2D eigenvalue weighted by molar-refractivity contribution is -0.141. The molecule has 0 heterocycles. The van der Waals surface area contributed by atoms with Crippen molar-refractivity contribution in [3.05, 3.63) is 0 Å². The summed E-state index contributed by atoms with van der Waals surface area (Å²) in [7, 11) is 0. The van der Waals surface area contributed by atoms with Gasteiger partial charge in [-0.05, 0) is 31.3 Å². The molecule has 0 aliphatic carbocycles. The van der Waals surface area contributed by atoms with Gasteiger partial charge in [0.05, 0.1) is 0 Å². The molecular formula is C13H26N2O4. The molecule has 0 spiro atoms. The van der Waals surface area contributed by atoms with E-state index in [4.69, 9.17) is 10.2 Å². The third kappa shape index (κ3) is 7.12. The Balaban J connectivity index is 3.92. The Morgan fingerprint density at radius 2 is 1.16 bits per heavy atom. The minimum absolute atomic E-state index is 0.0212. The Morgan fingerprint density at radius 1 is 0.842 bits per heavy atom. The summed E-state index contributed by atoms with van der Waals surface area (Å²) in [5, 5.41) is 23.9. The summed E-state index contributed by atoms with van der Waals surface area (Å²) >= 11 is 0. The molecule has 0 amide bonds. The predicted molar refractivity (Wildman–Crippen MR) is 73.1 cm³/mol. The Bertz CT molecular complexity index is 264. The zero-order chi connectivity index (χ0) is 15.0. The van der Waals surface area contributed by atoms with E-state index in [0.29, 0.717) is 19.5 Å². The second kappa shape index (κ2) is 8.87. The molecule has 0 radical (unpaired) electrons. The van der Waals surface area contributed by atoms with Crippen molar-refractivity contribution in [2.24, 2.45) is 11.8 Å². The van der Waals surface area contributed by atoms with Crippen molar-refractivity contribution >= 4 is 11.9 Å². The summed E-state index contributed by atoms with van der Waals surface area (Å²) in [5.74, 6) is -1.66. The van der Waals surface area contributed by atoms with Crippen LogP contribution >= 0.6 is 0 Å². The lowest BCUT2D eigenvalue weighted by atomic mass is 10.0. The first kappa shape index (κ1) is 17.9. The summed E-state index contributed by atoms with van der Waals surface area (Å²) in [5.41, 5.74) is 0. The lowest BCUT2D eigenvalue weighted by Gasteiger charge is -2.20. The number of nitrogens with one attached hydrogen (secondary N) is 2. The maximum atomic E-state index is 10.9. The summed E-state index contributed by atoms with van der Waals surface area (Å²) < 4.78 is 0. The van der Waals surface area contributed by atoms with Gasteiger partial charge in [-0.15, -0.1) is 0 Å². The lowest BCUT2D eigenvalue weighted by Crippen LogP contribution is -2.44. The average Bonchev–Trinajstić information content (AvgIpc) is 2.25. The van der Waals surface area contributed by atoms with E-state index in [-0.39, 0.29) is 11.8 Å². The molecule has 6 nitrogen and oxygen atoms in total. The van der Waals surface area contributed by atoms with Crippen LogP contribution in [0.25, 0.3) is 0 Å². The van der Waals surface area contributed by atoms with Crippen molar-refractivity contribution in [1.82, 2.24) is 10.6 Å². The van der Waals surface area contributed by atoms with Crippen molar-refractivity contribution in [2.45, 2.75) is 46.2 Å². The SMILES string of the molecule is CC(C)[C@H](NCCCN[C@H](C(=O)O)C(C)C)C(=O)O. The molecule has 19 heavy (non-hydrogen) atoms. The molecule has 0 aromatic carbocycles. The standard InChI is InChI=1S/C13H26N2O4/c1-8(2)10(12(16)17)14-6-5-7-15-11(9(3)4)13(18)19/h8-11,14-15H,5-7H2,1-4H3,(H,16,17)(H,18,19)/t10-,11-/m0/s1. The van der Waals surface area contributed by atoms with Crippen LogP contribution in [0.2, 0.25) is 0 Å². The number of carboxylic acids is 2. The molecule has 0 bridgehead atoms. The number of hydrogen-bond acceptors (Lipinski definition) is 4. The van der Waals surface area contributed by atoms with Crippen molar-refractivity contribution in [3.8, 4) is 0 Å². The largest absolute Gasteiger partial charge is 0.480 e. The van der Waals surface area contributed by atoms with Crippen LogP contribution in [0.3, 0.4) is 0 Å². The Labute approximate surface area is 114 Å². The van der Waals surface area contributed by atoms with Crippen molar-refractivity contribution in [1.29, 1.82) is 0 Å². The smallest absolute Gasteiger partial charge is 0.320 e. The predicted octanol–water partition coefficient (Wildman–Crippen LogP) is 0.774. The zero-order valence-corrected chi connectivity index (χ0v) is 12.1. The molecular weight excluding hydrogens is 248 g/mol. The Morgan fingerprint density at radius 3 is 1.37 bits per heavy atom. The highest BCUT2D eigenvalue weighted by atomic mass is 16.4. The van der Waals surface area contributed by atoms with Gasteiger partial charge in [0, 0.05) is 0 Å². The maximum Gasteiger partial charge on any atom is 0.320 e. The summed E-state index contributed by atoms with van der Waals surface area (Å²) in [4.78, 5) is 21.9. The molecule has 0 aliphatic rings. The molecule has 0 saturated heterocycles. The fourth-order valence-corrected chi connectivity index (χ4v) is 1.82. The minimum Gasteiger partial charge on any atom is -0.480 e. The molecule has 0 aromatic heterocycles. The van der Waals surface area contributed by atoms with Crippen molar-refractivity contribution < 1.29 is 19.8 Å². The van der Waals surface area contributed by atoms with E-state index in [9.17, 15) is 9.59 Å². The van der Waals surface area contributed by atoms with E-state index in [0.717, 1.165) is 0 Å². The molecule has 0 aromatic rings. The number of carboxylic acid groups (broad SMARTS) is 2. The summed E-state index contributed by atoms with van der Waals surface area (Å²) in [6.07, 6.45) is 0.688. The molecule has 0 fully saturated rings. The topological polar surface area (TPSA) is 98.7 Å². The number of rotatable bonds is 10. The van der Waals surface area contributed by atoms with E-state index in [1.54, 1.807) is 0 Å². The average molecular weight is 274 g/mol. The molecule has 2 atom stereocenters. The quantitative estimate of drug-likeness (QED) is 0.439. The van der Waals surface area contributed by atoms with Gasteiger partial charge in [0.2, 0.25) is 0 Å². The van der Waals surface area contributed by atoms with Gasteiger partial charge in [-0.3, -0.25) is 9.59 Å². The molecule has 0 rings (SSSR count). The van der Waals surface area contributed by atoms with Gasteiger partial charge in [0.1, 0.15) is 12.1 Å². The van der Waals surface area contributed by atoms with E-state index in [2.05, 4.69) is 10.6 Å². The summed E-state index contributed by atoms with van der Waals surface area (Å²) in [6.45, 7) is 8.50. The maximum absolute atomic E-state index is 10.9. The van der Waals surface area contributed by atoms with Crippen LogP contribution in [0, 0.1) is 11.8 Å². The van der Waals surface area contributed by atoms with Crippen LogP contribution in [0.15, 0.2) is 0 Å². The molecule has 6 heteroatoms. The van der Waals surface area contributed by atoms with E-state index in [1.165, 1.54) is 0 Å². The van der Waals surface area contributed by atoms with Crippen LogP contribution in [0.4, 0.5) is 0 Å². The van der Waals surface area contributed by atoms with Gasteiger partial charge in [0.25, 0.3) is 0 Å². The first-order valence-electron chi connectivity index (χ1n) is 6.69. The van der Waals surface area contributed by atoms with Crippen LogP contribution in [0.1, 0.15) is 34.1 Å². The fraction of sp³-hybridized carbons (Fsp3) is 0.846. The fourth-order valence-electron chi connectivity index (χ4n) is 1.82. The van der Waals surface area contributed by atoms with Crippen LogP contribution < -0.4 is 10.6 Å². The first-order chi connectivity index (χ1) is 8.77. The van der Waals surface area contributed by atoms with Crippen LogP contribution in [-0.2, 0) is 9.59 Å². The van der Waals surface area contributed by atoms with Gasteiger partial charge in [0.15, 0.2) is 0 Å². The highest BCUT2D eigenvalue weighted by Crippen LogP contribution is 2.03. The molecule has 4 N–H and O–H groups in total. The number of hydrogen-bond donors (Lipinski definition) is 4. The molecule has 0 aliphatic heterocycles. The molecule has 0 unspecified atom stereocenters. The van der Waals surface area contributed by atoms with Gasteiger partial charge in [-0.1, -0.05) is 27.7 Å². The molecule has 112 valence electrons. The highest BCUT2D eigenvalue weighted by Gasteiger charge is 2.21. The number of aliphatic carboxylic acids is 2. The normalized spacial score (nSPS) is 14.6. The first-order valence-corrected chi connectivity index (χ1v) is 6.69. The van der Waals surface area contributed by atoms with Crippen molar-refractivity contribution in [3.63, 3.8) is 0 Å². The van der Waals surface area contributed by atoms with E-state index in [1.807, 2.05) is 27.7 Å². The van der Waals surface area contributed by atoms with E-state index >= 15 is 0 Å². The summed E-state index contributed by atoms with van der Waals surface area (Å²) in [6, 6.07) is -1.11. The Kier molecular flexibility index (Phi) is 8.34. The zero-order valence-electron chi connectivity index (χ0n) is 12.1. The van der Waals surface area contributed by atoms with Gasteiger partial charge in [-0.2, -0.15) is 0 Å². The third-order valence-electron chi connectivity index (χ3n) is 2.95. The molecule has 0 saturated carbocycles. The third-order valence-corrected chi connectivity index (χ3v) is 2.95. The van der Waals surface area contributed by atoms with Gasteiger partial charge >= 0.3 is 11.9 Å². The highest BCUT2D eigenvalue weighted by molar-refractivity contribution is 5.74. The second-order valence-corrected chi connectivity index (χ2v) is 5.38. The monoisotopic (exact) mass is 274 g/mol. The van der Waals surface area contributed by atoms with Crippen LogP contribution in [-0.4, -0.2) is 47.3 Å². The number of carbonyl (C=O) groups is 2.